The fourth-order valence-corrected chi connectivity index (χ4v) is 12.8. The second-order valence-corrected chi connectivity index (χ2v) is 19.7. The molecule has 320 valence electrons. The molecule has 0 bridgehead atoms. The molecule has 2 heterocycles. The van der Waals surface area contributed by atoms with Crippen molar-refractivity contribution in [3.05, 3.63) is 23.3 Å². The van der Waals surface area contributed by atoms with Gasteiger partial charge in [-0.2, -0.15) is 0 Å². The molecule has 0 aromatic carbocycles. The zero-order valence-electron chi connectivity index (χ0n) is 34.8. The maximum atomic E-state index is 12.5. The smallest absolute Gasteiger partial charge is 0.303 e. The van der Waals surface area contributed by atoms with Gasteiger partial charge in [0.15, 0.2) is 18.7 Å². The van der Waals surface area contributed by atoms with E-state index in [-0.39, 0.29) is 47.2 Å². The number of carbonyl (C=O) groups excluding carboxylic acids is 1. The van der Waals surface area contributed by atoms with E-state index in [1.807, 2.05) is 6.08 Å². The molecule has 0 aromatic rings. The van der Waals surface area contributed by atoms with E-state index in [2.05, 4.69) is 61.5 Å². The molecule has 13 heteroatoms. The number of fused-ring (bicyclic) bond motifs is 5. The summed E-state index contributed by atoms with van der Waals surface area (Å²) in [6, 6.07) is 0. The van der Waals surface area contributed by atoms with Crippen molar-refractivity contribution in [2.45, 2.75) is 181 Å². The first-order valence-electron chi connectivity index (χ1n) is 20.9. The summed E-state index contributed by atoms with van der Waals surface area (Å²) in [4.78, 5) is 11.8. The predicted octanol–water partition coefficient (Wildman–Crippen LogP) is 3.13. The lowest BCUT2D eigenvalue weighted by Crippen LogP contribution is -2.63. The summed E-state index contributed by atoms with van der Waals surface area (Å²) in [6.45, 7) is 18.2. The number of ether oxygens (including phenoxy) is 5. The molecule has 6 rings (SSSR count). The fraction of sp³-hybridized carbons (Fsp3) is 0.884. The summed E-state index contributed by atoms with van der Waals surface area (Å²) < 4.78 is 30.2. The predicted molar refractivity (Wildman–Crippen MR) is 204 cm³/mol. The van der Waals surface area contributed by atoms with Crippen LogP contribution in [0.2, 0.25) is 0 Å². The highest BCUT2D eigenvalue weighted by Gasteiger charge is 2.72. The Hall–Kier alpha value is -1.49. The first-order valence-corrected chi connectivity index (χ1v) is 20.9. The number of rotatable bonds is 10. The van der Waals surface area contributed by atoms with Crippen LogP contribution in [0.4, 0.5) is 0 Å². The Bertz CT molecular complexity index is 1480. The number of aliphatic hydroxyl groups is 7. The number of allylic oxidation sites excluding steroid dienone is 2. The number of hydrogen-bond donors (Lipinski definition) is 7. The highest BCUT2D eigenvalue weighted by Crippen LogP contribution is 2.75. The van der Waals surface area contributed by atoms with Crippen molar-refractivity contribution in [1.82, 2.24) is 0 Å². The third-order valence-electron chi connectivity index (χ3n) is 15.7. The highest BCUT2D eigenvalue weighted by molar-refractivity contribution is 5.66. The van der Waals surface area contributed by atoms with Gasteiger partial charge >= 0.3 is 5.97 Å². The fourth-order valence-electron chi connectivity index (χ4n) is 12.8. The van der Waals surface area contributed by atoms with Crippen LogP contribution in [0.25, 0.3) is 0 Å². The number of esters is 1. The summed E-state index contributed by atoms with van der Waals surface area (Å²) in [5.41, 5.74) is 0.840. The Labute approximate surface area is 332 Å². The lowest BCUT2D eigenvalue weighted by molar-refractivity contribution is -0.317. The second-order valence-electron chi connectivity index (χ2n) is 19.7. The maximum Gasteiger partial charge on any atom is 0.303 e. The summed E-state index contributed by atoms with van der Waals surface area (Å²) in [7, 11) is 0. The topological polar surface area (TPSA) is 205 Å². The van der Waals surface area contributed by atoms with Crippen molar-refractivity contribution >= 4 is 5.97 Å². The normalized spacial score (nSPS) is 49.1. The molecule has 0 amide bonds. The van der Waals surface area contributed by atoms with Crippen molar-refractivity contribution in [2.24, 2.45) is 45.3 Å². The Kier molecular flexibility index (Phi) is 12.7. The van der Waals surface area contributed by atoms with Gasteiger partial charge in [-0.1, -0.05) is 64.8 Å². The van der Waals surface area contributed by atoms with Crippen LogP contribution in [-0.2, 0) is 28.5 Å². The van der Waals surface area contributed by atoms with Crippen molar-refractivity contribution in [3.63, 3.8) is 0 Å². The molecule has 5 fully saturated rings. The number of aliphatic hydroxyl groups excluding tert-OH is 7. The van der Waals surface area contributed by atoms with Crippen molar-refractivity contribution in [1.29, 1.82) is 0 Å². The van der Waals surface area contributed by atoms with Crippen molar-refractivity contribution in [2.75, 3.05) is 13.2 Å². The van der Waals surface area contributed by atoms with Crippen LogP contribution in [0.5, 0.6) is 0 Å². The van der Waals surface area contributed by atoms with Gasteiger partial charge in [0.2, 0.25) is 0 Å². The van der Waals surface area contributed by atoms with E-state index in [1.165, 1.54) is 12.5 Å². The minimum atomic E-state index is -1.53. The molecule has 6 aliphatic rings. The number of carbonyl (C=O) groups is 1. The van der Waals surface area contributed by atoms with Crippen molar-refractivity contribution < 1.29 is 64.2 Å². The third-order valence-corrected chi connectivity index (χ3v) is 15.7. The van der Waals surface area contributed by atoms with Gasteiger partial charge in [-0.3, -0.25) is 4.79 Å². The van der Waals surface area contributed by atoms with E-state index in [9.17, 15) is 40.5 Å². The summed E-state index contributed by atoms with van der Waals surface area (Å²) in [5.74, 6) is -0.467. The van der Waals surface area contributed by atoms with Gasteiger partial charge in [-0.25, -0.2) is 0 Å². The first-order chi connectivity index (χ1) is 26.1. The first kappa shape index (κ1) is 44.1. The van der Waals surface area contributed by atoms with Gasteiger partial charge in [0, 0.05) is 18.3 Å². The quantitative estimate of drug-likeness (QED) is 0.126. The van der Waals surface area contributed by atoms with Crippen LogP contribution in [0.1, 0.15) is 107 Å². The largest absolute Gasteiger partial charge is 0.457 e. The van der Waals surface area contributed by atoms with Crippen molar-refractivity contribution in [3.8, 4) is 0 Å². The highest BCUT2D eigenvalue weighted by atomic mass is 16.7. The van der Waals surface area contributed by atoms with Crippen LogP contribution < -0.4 is 0 Å². The minimum absolute atomic E-state index is 0.00303. The summed E-state index contributed by atoms with van der Waals surface area (Å²) >= 11 is 0. The van der Waals surface area contributed by atoms with E-state index in [4.69, 9.17) is 23.7 Å². The van der Waals surface area contributed by atoms with E-state index < -0.39 is 90.9 Å². The SMILES string of the molecule is CC(=O)O[C@@H]1[C@H](O)[C@@H](O)[C@@H](O[C@H]2C[C@]3(C)[C@H]4[C@@H](O)C=C5[C@@H](CC[C@H](O[C@@H]6OC[C@@H](O)[C@H](O)[C@@H]6O)C5(C)C)[C@]4(C)CC[C@]3(C)[C@@H]2[C@H](C)CCC=C(C)C)O[C@@H]1CO. The molecule has 7 N–H and O–H groups in total. The van der Waals surface area contributed by atoms with E-state index in [0.29, 0.717) is 12.8 Å². The molecular weight excluding hydrogens is 724 g/mol. The molecular formula is C43H70O13. The molecule has 0 spiro atoms. The van der Waals surface area contributed by atoms with E-state index in [0.717, 1.165) is 37.7 Å². The number of hydrogen-bond acceptors (Lipinski definition) is 13. The van der Waals surface area contributed by atoms with Crippen LogP contribution in [0.15, 0.2) is 23.3 Å². The monoisotopic (exact) mass is 794 g/mol. The Balaban J connectivity index is 1.32. The molecule has 19 atom stereocenters. The summed E-state index contributed by atoms with van der Waals surface area (Å²) in [5, 5.41) is 76.1. The second kappa shape index (κ2) is 16.2. The van der Waals surface area contributed by atoms with Gasteiger partial charge in [-0.15, -0.1) is 0 Å². The van der Waals surface area contributed by atoms with Crippen LogP contribution in [-0.4, -0.2) is 129 Å². The van der Waals surface area contributed by atoms with Gasteiger partial charge < -0.3 is 59.4 Å². The van der Waals surface area contributed by atoms with Gasteiger partial charge in [0.25, 0.3) is 0 Å². The van der Waals surface area contributed by atoms with Gasteiger partial charge in [-0.05, 0) is 92.8 Å². The Morgan fingerprint density at radius 1 is 0.911 bits per heavy atom. The average Bonchev–Trinajstić information content (AvgIpc) is 3.34. The Morgan fingerprint density at radius 3 is 2.23 bits per heavy atom. The van der Waals surface area contributed by atoms with Crippen LogP contribution in [0.3, 0.4) is 0 Å². The zero-order chi connectivity index (χ0) is 41.3. The maximum absolute atomic E-state index is 12.5. The zero-order valence-corrected chi connectivity index (χ0v) is 34.8. The molecule has 2 aliphatic heterocycles. The lowest BCUT2D eigenvalue weighted by atomic mass is 9.38. The molecule has 0 aromatic heterocycles. The molecule has 0 radical (unpaired) electrons. The van der Waals surface area contributed by atoms with E-state index >= 15 is 0 Å². The van der Waals surface area contributed by atoms with Gasteiger partial charge in [0.05, 0.1) is 31.5 Å². The summed E-state index contributed by atoms with van der Waals surface area (Å²) in [6.07, 6.45) is -3.36. The van der Waals surface area contributed by atoms with E-state index in [1.54, 1.807) is 0 Å². The minimum Gasteiger partial charge on any atom is -0.457 e. The van der Waals surface area contributed by atoms with Crippen LogP contribution >= 0.6 is 0 Å². The molecule has 0 unspecified atom stereocenters. The average molecular weight is 795 g/mol. The lowest BCUT2D eigenvalue weighted by Gasteiger charge is -2.67. The Morgan fingerprint density at radius 2 is 1.59 bits per heavy atom. The molecule has 13 nitrogen and oxygen atoms in total. The molecule has 4 aliphatic carbocycles. The van der Waals surface area contributed by atoms with Crippen LogP contribution in [0, 0.1) is 45.3 Å². The standard InChI is InChI=1S/C43H70O13/c1-21(2)11-10-12-22(3)31-28(54-39-35(51)33(49)36(53-23(4)45)29(19-44)55-39)18-43(9)37-26(46)17-25-24(41(37,7)15-16-42(31,43)8)13-14-30(40(25,5)6)56-38-34(50)32(48)27(47)20-52-38/h11,17,22,24,26-39,44,46-51H,10,12-16,18-20H2,1-9H3/t22-,24-,26+,27-,28+,29-,30+,31-,32+,33-,34+,35-,36+,37+,38+,39+,41+,42-,43-/m1/s1. The molecule has 3 saturated carbocycles. The molecule has 2 saturated heterocycles. The third kappa shape index (κ3) is 7.37. The molecule has 56 heavy (non-hydrogen) atoms. The van der Waals surface area contributed by atoms with Gasteiger partial charge in [0.1, 0.15) is 36.6 Å².